The maximum absolute atomic E-state index is 12.1. The summed E-state index contributed by atoms with van der Waals surface area (Å²) in [6, 6.07) is 13.6. The number of ketones is 1. The monoisotopic (exact) mass is 309 g/mol. The molecule has 0 N–H and O–H groups in total. The van der Waals surface area contributed by atoms with E-state index >= 15 is 0 Å². The van der Waals surface area contributed by atoms with Crippen LogP contribution in [0.2, 0.25) is 0 Å². The Kier molecular flexibility index (Phi) is 4.74. The van der Waals surface area contributed by atoms with Gasteiger partial charge in [-0.1, -0.05) is 51.1 Å². The first-order valence-electron chi connectivity index (χ1n) is 7.35. The highest BCUT2D eigenvalue weighted by atomic mass is 16.6. The lowest BCUT2D eigenvalue weighted by Gasteiger charge is -2.18. The van der Waals surface area contributed by atoms with Crippen LogP contribution in [0.15, 0.2) is 54.6 Å². The van der Waals surface area contributed by atoms with Crippen molar-refractivity contribution in [2.24, 2.45) is 0 Å². The van der Waals surface area contributed by atoms with Gasteiger partial charge in [0.1, 0.15) is 0 Å². The van der Waals surface area contributed by atoms with Gasteiger partial charge in [0.2, 0.25) is 0 Å². The van der Waals surface area contributed by atoms with E-state index in [4.69, 9.17) is 0 Å². The molecule has 0 heterocycles. The van der Waals surface area contributed by atoms with Crippen molar-refractivity contribution < 1.29 is 9.72 Å². The molecular weight excluding hydrogens is 290 g/mol. The predicted octanol–water partition coefficient (Wildman–Crippen LogP) is 4.79. The molecule has 0 aliphatic carbocycles. The van der Waals surface area contributed by atoms with Crippen LogP contribution in [-0.4, -0.2) is 10.7 Å². The lowest BCUT2D eigenvalue weighted by atomic mass is 9.87. The van der Waals surface area contributed by atoms with Crippen molar-refractivity contribution in [2.45, 2.75) is 26.2 Å². The third kappa shape index (κ3) is 4.36. The Balaban J connectivity index is 2.10. The summed E-state index contributed by atoms with van der Waals surface area (Å²) < 4.78 is 0. The summed E-state index contributed by atoms with van der Waals surface area (Å²) >= 11 is 0. The molecule has 0 fully saturated rings. The zero-order valence-electron chi connectivity index (χ0n) is 13.4. The van der Waals surface area contributed by atoms with Gasteiger partial charge in [-0.3, -0.25) is 14.9 Å². The number of benzene rings is 2. The van der Waals surface area contributed by atoms with E-state index in [2.05, 4.69) is 32.9 Å². The van der Waals surface area contributed by atoms with Gasteiger partial charge in [0, 0.05) is 17.7 Å². The van der Waals surface area contributed by atoms with Crippen LogP contribution in [0.5, 0.6) is 0 Å². The first kappa shape index (κ1) is 16.6. The van der Waals surface area contributed by atoms with E-state index in [-0.39, 0.29) is 16.9 Å². The van der Waals surface area contributed by atoms with Crippen molar-refractivity contribution in [1.82, 2.24) is 0 Å². The van der Waals surface area contributed by atoms with Gasteiger partial charge in [-0.05, 0) is 34.8 Å². The Morgan fingerprint density at radius 1 is 1.00 bits per heavy atom. The summed E-state index contributed by atoms with van der Waals surface area (Å²) in [6.45, 7) is 6.45. The van der Waals surface area contributed by atoms with Crippen LogP contribution in [0.1, 0.15) is 42.3 Å². The van der Waals surface area contributed by atoms with Crippen LogP contribution in [-0.2, 0) is 5.41 Å². The molecule has 118 valence electrons. The summed E-state index contributed by atoms with van der Waals surface area (Å²) in [5.74, 6) is -0.181. The summed E-state index contributed by atoms with van der Waals surface area (Å²) in [7, 11) is 0. The molecule has 4 nitrogen and oxygen atoms in total. The van der Waals surface area contributed by atoms with Crippen molar-refractivity contribution in [1.29, 1.82) is 0 Å². The molecule has 0 bridgehead atoms. The molecular formula is C19H19NO3. The minimum atomic E-state index is -0.485. The minimum Gasteiger partial charge on any atom is -0.289 e. The number of allylic oxidation sites excluding steroid dienone is 1. The molecule has 0 spiro atoms. The molecule has 2 rings (SSSR count). The number of non-ortho nitro benzene ring substituents is 1. The third-order valence-corrected chi connectivity index (χ3v) is 3.57. The molecule has 0 atom stereocenters. The van der Waals surface area contributed by atoms with E-state index < -0.39 is 4.92 Å². The minimum absolute atomic E-state index is 0.0247. The molecule has 0 saturated heterocycles. The molecule has 0 radical (unpaired) electrons. The Morgan fingerprint density at radius 3 is 2.04 bits per heavy atom. The number of hydrogen-bond acceptors (Lipinski definition) is 3. The highest BCUT2D eigenvalue weighted by molar-refractivity contribution is 6.06. The molecule has 0 amide bonds. The number of nitrogens with zero attached hydrogens (tertiary/aromatic N) is 1. The fourth-order valence-electron chi connectivity index (χ4n) is 2.11. The number of carbonyl (C=O) groups is 1. The second-order valence-electron chi connectivity index (χ2n) is 6.37. The molecule has 0 aromatic heterocycles. The van der Waals surface area contributed by atoms with Crippen molar-refractivity contribution >= 4 is 17.5 Å². The summed E-state index contributed by atoms with van der Waals surface area (Å²) in [5.41, 5.74) is 2.67. The quantitative estimate of drug-likeness (QED) is 0.353. The van der Waals surface area contributed by atoms with Crippen LogP contribution in [0.25, 0.3) is 6.08 Å². The molecule has 2 aromatic carbocycles. The standard InChI is InChI=1S/C19H19NO3/c1-19(2,3)16-9-4-14(5-10-16)6-13-18(21)15-7-11-17(12-8-15)20(22)23/h4-13H,1-3H3/b13-6+. The number of hydrogen-bond donors (Lipinski definition) is 0. The van der Waals surface area contributed by atoms with Crippen molar-refractivity contribution in [3.63, 3.8) is 0 Å². The zero-order valence-corrected chi connectivity index (χ0v) is 13.4. The largest absolute Gasteiger partial charge is 0.289 e. The molecule has 0 unspecified atom stereocenters. The second-order valence-corrected chi connectivity index (χ2v) is 6.37. The Labute approximate surface area is 135 Å². The third-order valence-electron chi connectivity index (χ3n) is 3.57. The number of carbonyl (C=O) groups excluding carboxylic acids is 1. The second kappa shape index (κ2) is 6.57. The zero-order chi connectivity index (χ0) is 17.0. The highest BCUT2D eigenvalue weighted by Crippen LogP contribution is 2.22. The predicted molar refractivity (Wildman–Crippen MR) is 91.6 cm³/mol. The summed E-state index contributed by atoms with van der Waals surface area (Å²) in [5, 5.41) is 10.6. The topological polar surface area (TPSA) is 60.2 Å². The summed E-state index contributed by atoms with van der Waals surface area (Å²) in [6.07, 6.45) is 3.23. The molecule has 0 aliphatic rings. The number of nitro groups is 1. The van der Waals surface area contributed by atoms with Gasteiger partial charge < -0.3 is 0 Å². The normalized spacial score (nSPS) is 11.6. The van der Waals surface area contributed by atoms with Gasteiger partial charge >= 0.3 is 0 Å². The average molecular weight is 309 g/mol. The maximum Gasteiger partial charge on any atom is 0.269 e. The molecule has 0 aliphatic heterocycles. The first-order chi connectivity index (χ1) is 10.8. The van der Waals surface area contributed by atoms with Gasteiger partial charge in [0.25, 0.3) is 5.69 Å². The number of nitro benzene ring substituents is 1. The molecule has 23 heavy (non-hydrogen) atoms. The van der Waals surface area contributed by atoms with Crippen LogP contribution in [0, 0.1) is 10.1 Å². The maximum atomic E-state index is 12.1. The van der Waals surface area contributed by atoms with E-state index in [0.29, 0.717) is 5.56 Å². The SMILES string of the molecule is CC(C)(C)c1ccc(/C=C/C(=O)c2ccc([N+](=O)[O-])cc2)cc1. The fraction of sp³-hybridized carbons (Fsp3) is 0.211. The van der Waals surface area contributed by atoms with Gasteiger partial charge in [0.15, 0.2) is 5.78 Å². The lowest BCUT2D eigenvalue weighted by Crippen LogP contribution is -2.10. The van der Waals surface area contributed by atoms with Crippen LogP contribution >= 0.6 is 0 Å². The number of rotatable bonds is 4. The van der Waals surface area contributed by atoms with E-state index in [0.717, 1.165) is 5.56 Å². The smallest absolute Gasteiger partial charge is 0.269 e. The van der Waals surface area contributed by atoms with Crippen LogP contribution in [0.3, 0.4) is 0 Å². The van der Waals surface area contributed by atoms with E-state index in [1.54, 1.807) is 6.08 Å². The Bertz CT molecular complexity index is 736. The lowest BCUT2D eigenvalue weighted by molar-refractivity contribution is -0.384. The van der Waals surface area contributed by atoms with E-state index in [9.17, 15) is 14.9 Å². The molecule has 2 aromatic rings. The van der Waals surface area contributed by atoms with Gasteiger partial charge in [0.05, 0.1) is 4.92 Å². The van der Waals surface area contributed by atoms with Gasteiger partial charge in [-0.15, -0.1) is 0 Å². The van der Waals surface area contributed by atoms with Gasteiger partial charge in [-0.25, -0.2) is 0 Å². The van der Waals surface area contributed by atoms with Gasteiger partial charge in [-0.2, -0.15) is 0 Å². The van der Waals surface area contributed by atoms with E-state index in [1.807, 2.05) is 12.1 Å². The molecule has 0 saturated carbocycles. The average Bonchev–Trinajstić information content (AvgIpc) is 2.52. The first-order valence-corrected chi connectivity index (χ1v) is 7.35. The molecule has 4 heteroatoms. The summed E-state index contributed by atoms with van der Waals surface area (Å²) in [4.78, 5) is 22.2. The highest BCUT2D eigenvalue weighted by Gasteiger charge is 2.12. The van der Waals surface area contributed by atoms with Crippen LogP contribution in [0.4, 0.5) is 5.69 Å². The van der Waals surface area contributed by atoms with E-state index in [1.165, 1.54) is 35.9 Å². The van der Waals surface area contributed by atoms with Crippen molar-refractivity contribution in [3.05, 3.63) is 81.4 Å². The Hall–Kier alpha value is -2.75. The van der Waals surface area contributed by atoms with Crippen molar-refractivity contribution in [3.8, 4) is 0 Å². The van der Waals surface area contributed by atoms with Crippen molar-refractivity contribution in [2.75, 3.05) is 0 Å². The van der Waals surface area contributed by atoms with Crippen LogP contribution < -0.4 is 0 Å². The fourth-order valence-corrected chi connectivity index (χ4v) is 2.11. The Morgan fingerprint density at radius 2 is 1.57 bits per heavy atom.